The summed E-state index contributed by atoms with van der Waals surface area (Å²) in [6.45, 7) is 1.90. The van der Waals surface area contributed by atoms with Gasteiger partial charge in [0.05, 0.1) is 23.4 Å². The quantitative estimate of drug-likeness (QED) is 0.382. The molecule has 2 aliphatic heterocycles. The molecule has 2 aliphatic rings. The smallest absolute Gasteiger partial charge is 0.252 e. The first kappa shape index (κ1) is 22.0. The van der Waals surface area contributed by atoms with Crippen LogP contribution >= 0.6 is 22.7 Å². The zero-order chi connectivity index (χ0) is 23.1. The molecule has 4 heterocycles. The number of fused-ring (bicyclic) bond motifs is 2. The van der Waals surface area contributed by atoms with E-state index in [4.69, 9.17) is 19.2 Å². The standard InChI is InChI=1S/C24H22N2O5S3/c27-34(28,22-6-3-11-32-22)26-8-10-30-23-17(14-26)12-16(13-20(23)31-18-7-9-29-15-18)24-25-19-4-1-2-5-21(19)33-24/h1-6,11-13,18H,7-10,14-15H2/t18-/m0/s1. The fourth-order valence-electron chi connectivity index (χ4n) is 4.19. The molecule has 1 fully saturated rings. The van der Waals surface area contributed by atoms with Crippen molar-refractivity contribution < 1.29 is 22.6 Å². The van der Waals surface area contributed by atoms with Crippen LogP contribution < -0.4 is 9.47 Å². The maximum atomic E-state index is 13.3. The van der Waals surface area contributed by atoms with E-state index in [0.29, 0.717) is 28.9 Å². The highest BCUT2D eigenvalue weighted by Gasteiger charge is 2.31. The van der Waals surface area contributed by atoms with E-state index in [9.17, 15) is 8.42 Å². The van der Waals surface area contributed by atoms with Gasteiger partial charge in [0.1, 0.15) is 21.9 Å². The van der Waals surface area contributed by atoms with Gasteiger partial charge < -0.3 is 14.2 Å². The Morgan fingerprint density at radius 1 is 1.12 bits per heavy atom. The molecule has 0 saturated carbocycles. The average molecular weight is 515 g/mol. The van der Waals surface area contributed by atoms with Crippen molar-refractivity contribution in [3.05, 3.63) is 59.5 Å². The van der Waals surface area contributed by atoms with Crippen LogP contribution in [0.3, 0.4) is 0 Å². The van der Waals surface area contributed by atoms with Crippen LogP contribution in [0.2, 0.25) is 0 Å². The van der Waals surface area contributed by atoms with Crippen molar-refractivity contribution in [2.75, 3.05) is 26.4 Å². The molecule has 1 atom stereocenters. The summed E-state index contributed by atoms with van der Waals surface area (Å²) in [6, 6.07) is 15.3. The lowest BCUT2D eigenvalue weighted by atomic mass is 10.1. The first-order valence-electron chi connectivity index (χ1n) is 11.0. The number of benzene rings is 2. The van der Waals surface area contributed by atoms with Gasteiger partial charge in [0.2, 0.25) is 0 Å². The van der Waals surface area contributed by atoms with E-state index in [1.807, 2.05) is 36.4 Å². The average Bonchev–Trinajstić information content (AvgIpc) is 3.59. The summed E-state index contributed by atoms with van der Waals surface area (Å²) < 4.78 is 47.4. The minimum absolute atomic E-state index is 0.0625. The Labute approximate surface area is 205 Å². The molecule has 176 valence electrons. The summed E-state index contributed by atoms with van der Waals surface area (Å²) in [6.07, 6.45) is 0.742. The molecular weight excluding hydrogens is 492 g/mol. The minimum Gasteiger partial charge on any atom is -0.488 e. The second kappa shape index (κ2) is 8.94. The molecule has 34 heavy (non-hydrogen) atoms. The highest BCUT2D eigenvalue weighted by Crippen LogP contribution is 2.42. The van der Waals surface area contributed by atoms with Crippen LogP contribution in [0.1, 0.15) is 12.0 Å². The first-order valence-corrected chi connectivity index (χ1v) is 14.2. The maximum absolute atomic E-state index is 13.3. The maximum Gasteiger partial charge on any atom is 0.252 e. The third kappa shape index (κ3) is 4.09. The van der Waals surface area contributed by atoms with Gasteiger partial charge >= 0.3 is 0 Å². The molecule has 10 heteroatoms. The zero-order valence-electron chi connectivity index (χ0n) is 18.2. The SMILES string of the molecule is O=S(=O)(c1cccs1)N1CCOc2c(cc(-c3nc4ccccc4s3)cc2O[C@H]2CCOC2)C1. The number of nitrogens with zero attached hydrogens (tertiary/aromatic N) is 2. The van der Waals surface area contributed by atoms with E-state index in [0.717, 1.165) is 32.8 Å². The Morgan fingerprint density at radius 3 is 2.82 bits per heavy atom. The number of para-hydroxylation sites is 1. The molecule has 0 bridgehead atoms. The van der Waals surface area contributed by atoms with Gasteiger partial charge in [-0.2, -0.15) is 4.31 Å². The molecule has 2 aromatic carbocycles. The summed E-state index contributed by atoms with van der Waals surface area (Å²) in [4.78, 5) is 4.80. The molecular formula is C24H22N2O5S3. The van der Waals surface area contributed by atoms with E-state index >= 15 is 0 Å². The van der Waals surface area contributed by atoms with Crippen LogP contribution in [-0.2, 0) is 21.3 Å². The van der Waals surface area contributed by atoms with E-state index in [1.165, 1.54) is 15.6 Å². The van der Waals surface area contributed by atoms with Crippen LogP contribution in [0.15, 0.2) is 58.1 Å². The number of hydrogen-bond acceptors (Lipinski definition) is 8. The molecule has 0 radical (unpaired) electrons. The highest BCUT2D eigenvalue weighted by atomic mass is 32.2. The molecule has 0 aliphatic carbocycles. The predicted octanol–water partition coefficient (Wildman–Crippen LogP) is 4.78. The Morgan fingerprint density at radius 2 is 2.03 bits per heavy atom. The second-order valence-electron chi connectivity index (χ2n) is 8.17. The largest absolute Gasteiger partial charge is 0.488 e. The van der Waals surface area contributed by atoms with E-state index in [-0.39, 0.29) is 25.8 Å². The number of thiazole rings is 1. The Bertz CT molecular complexity index is 1390. The number of ether oxygens (including phenoxy) is 3. The zero-order valence-corrected chi connectivity index (χ0v) is 20.6. The van der Waals surface area contributed by atoms with Crippen molar-refractivity contribution in [3.63, 3.8) is 0 Å². The van der Waals surface area contributed by atoms with Crippen LogP contribution in [-0.4, -0.2) is 50.2 Å². The van der Waals surface area contributed by atoms with Gasteiger partial charge in [-0.05, 0) is 35.7 Å². The number of aromatic nitrogens is 1. The predicted molar refractivity (Wildman–Crippen MR) is 132 cm³/mol. The first-order chi connectivity index (χ1) is 16.6. The lowest BCUT2D eigenvalue weighted by molar-refractivity contribution is 0.137. The van der Waals surface area contributed by atoms with E-state index in [1.54, 1.807) is 28.8 Å². The fraction of sp³-hybridized carbons (Fsp3) is 0.292. The van der Waals surface area contributed by atoms with Crippen molar-refractivity contribution >= 4 is 42.9 Å². The van der Waals surface area contributed by atoms with Gasteiger partial charge in [-0.15, -0.1) is 22.7 Å². The molecule has 0 unspecified atom stereocenters. The number of hydrogen-bond donors (Lipinski definition) is 0. The van der Waals surface area contributed by atoms with Crippen LogP contribution in [0.5, 0.6) is 11.5 Å². The van der Waals surface area contributed by atoms with Crippen molar-refractivity contribution in [2.45, 2.75) is 23.3 Å². The number of thiophene rings is 1. The molecule has 0 spiro atoms. The van der Waals surface area contributed by atoms with Gasteiger partial charge in [-0.25, -0.2) is 13.4 Å². The van der Waals surface area contributed by atoms with Crippen molar-refractivity contribution in [1.29, 1.82) is 0 Å². The van der Waals surface area contributed by atoms with E-state index < -0.39 is 10.0 Å². The third-order valence-electron chi connectivity index (χ3n) is 5.88. The summed E-state index contributed by atoms with van der Waals surface area (Å²) in [5, 5.41) is 2.63. The van der Waals surface area contributed by atoms with Crippen molar-refractivity contribution in [3.8, 4) is 22.1 Å². The topological polar surface area (TPSA) is 78.0 Å². The number of rotatable bonds is 5. The molecule has 6 rings (SSSR count). The Kier molecular flexibility index (Phi) is 5.78. The second-order valence-corrected chi connectivity index (χ2v) is 12.3. The number of sulfonamides is 1. The van der Waals surface area contributed by atoms with Gasteiger partial charge in [0, 0.05) is 30.6 Å². The summed E-state index contributed by atoms with van der Waals surface area (Å²) in [5.41, 5.74) is 2.58. The van der Waals surface area contributed by atoms with Crippen LogP contribution in [0.4, 0.5) is 0 Å². The van der Waals surface area contributed by atoms with Gasteiger partial charge in [0.25, 0.3) is 10.0 Å². The minimum atomic E-state index is -3.62. The molecule has 7 nitrogen and oxygen atoms in total. The lowest BCUT2D eigenvalue weighted by Crippen LogP contribution is -2.32. The third-order valence-corrected chi connectivity index (χ3v) is 10.2. The summed E-state index contributed by atoms with van der Waals surface area (Å²) in [5.74, 6) is 1.21. The van der Waals surface area contributed by atoms with E-state index in [2.05, 4.69) is 0 Å². The Hall–Kier alpha value is -2.50. The fourth-order valence-corrected chi connectivity index (χ4v) is 7.69. The van der Waals surface area contributed by atoms with Crippen molar-refractivity contribution in [1.82, 2.24) is 9.29 Å². The van der Waals surface area contributed by atoms with Crippen LogP contribution in [0.25, 0.3) is 20.8 Å². The Balaban J connectivity index is 1.44. The molecule has 4 aromatic rings. The van der Waals surface area contributed by atoms with Crippen LogP contribution in [0, 0.1) is 0 Å². The summed E-state index contributed by atoms with van der Waals surface area (Å²) >= 11 is 2.82. The molecule has 1 saturated heterocycles. The lowest BCUT2D eigenvalue weighted by Gasteiger charge is -2.20. The molecule has 0 N–H and O–H groups in total. The molecule has 0 amide bonds. The normalized spacial score (nSPS) is 19.0. The highest BCUT2D eigenvalue weighted by molar-refractivity contribution is 7.91. The molecule has 2 aromatic heterocycles. The van der Waals surface area contributed by atoms with Gasteiger partial charge in [-0.1, -0.05) is 18.2 Å². The van der Waals surface area contributed by atoms with Gasteiger partial charge in [-0.3, -0.25) is 0 Å². The monoisotopic (exact) mass is 514 g/mol. The summed E-state index contributed by atoms with van der Waals surface area (Å²) in [7, 11) is -3.62. The van der Waals surface area contributed by atoms with Crippen molar-refractivity contribution in [2.24, 2.45) is 0 Å². The van der Waals surface area contributed by atoms with Gasteiger partial charge in [0.15, 0.2) is 11.5 Å².